The monoisotopic (exact) mass is 200 g/mol. The predicted molar refractivity (Wildman–Crippen MR) is 52.2 cm³/mol. The molecule has 0 aliphatic heterocycles. The number of halogens is 2. The third kappa shape index (κ3) is 7.45. The Hall–Kier alpha value is -0.450. The van der Waals surface area contributed by atoms with Crippen LogP contribution in [-0.2, 0) is 7.05 Å². The quantitative estimate of drug-likeness (QED) is 0.639. The van der Waals surface area contributed by atoms with Crippen molar-refractivity contribution in [1.82, 2.24) is 9.78 Å². The number of anilines is 1. The van der Waals surface area contributed by atoms with Gasteiger partial charge in [-0.05, 0) is 13.1 Å². The summed E-state index contributed by atoms with van der Waals surface area (Å²) in [4.78, 5) is 0. The van der Waals surface area contributed by atoms with E-state index in [4.69, 9.17) is 5.73 Å². The molecule has 1 aromatic rings. The molecule has 11 heavy (non-hydrogen) atoms. The molecule has 68 valence electrons. The number of aromatic nitrogens is 2. The molecule has 0 saturated heterocycles. The van der Waals surface area contributed by atoms with Crippen LogP contribution in [0.5, 0.6) is 0 Å². The average molecular weight is 201 g/mol. The summed E-state index contributed by atoms with van der Waals surface area (Å²) in [7, 11) is 3.33. The van der Waals surface area contributed by atoms with Crippen molar-refractivity contribution in [3.8, 4) is 0 Å². The Morgan fingerprint density at radius 3 is 1.91 bits per heavy atom. The van der Waals surface area contributed by atoms with Gasteiger partial charge in [0.15, 0.2) is 0 Å². The van der Waals surface area contributed by atoms with Gasteiger partial charge < -0.3 is 11.5 Å². The molecule has 0 saturated carbocycles. The molecule has 0 bridgehead atoms. The molecule has 0 aliphatic carbocycles. The summed E-state index contributed by atoms with van der Waals surface area (Å²) in [6.07, 6.45) is 1.80. The number of nitrogens with zero attached hydrogens (tertiary/aromatic N) is 2. The number of nitrogens with two attached hydrogens (primary N) is 2. The van der Waals surface area contributed by atoms with Crippen LogP contribution >= 0.6 is 24.8 Å². The maximum atomic E-state index is 5.25. The SMILES string of the molecule is CN.Cl.Cl.Cn1ccc(N)n1. The minimum Gasteiger partial charge on any atom is -0.382 e. The Morgan fingerprint density at radius 2 is 1.82 bits per heavy atom. The first-order valence-corrected chi connectivity index (χ1v) is 2.62. The second kappa shape index (κ2) is 9.55. The van der Waals surface area contributed by atoms with E-state index in [1.165, 1.54) is 7.05 Å². The molecule has 1 heterocycles. The van der Waals surface area contributed by atoms with E-state index < -0.39 is 0 Å². The molecule has 0 amide bonds. The maximum Gasteiger partial charge on any atom is 0.145 e. The average Bonchev–Trinajstić information content (AvgIpc) is 2.20. The van der Waals surface area contributed by atoms with Gasteiger partial charge in [-0.2, -0.15) is 5.10 Å². The van der Waals surface area contributed by atoms with E-state index in [0.29, 0.717) is 5.82 Å². The highest BCUT2D eigenvalue weighted by Gasteiger charge is 1.82. The molecule has 6 heteroatoms. The molecule has 0 fully saturated rings. The lowest BCUT2D eigenvalue weighted by Gasteiger charge is -1.79. The zero-order valence-corrected chi connectivity index (χ0v) is 8.15. The van der Waals surface area contributed by atoms with Crippen LogP contribution in [0.3, 0.4) is 0 Å². The molecular weight excluding hydrogens is 187 g/mol. The topological polar surface area (TPSA) is 69.9 Å². The van der Waals surface area contributed by atoms with Crippen molar-refractivity contribution < 1.29 is 0 Å². The van der Waals surface area contributed by atoms with Crippen molar-refractivity contribution in [3.63, 3.8) is 0 Å². The first-order valence-electron chi connectivity index (χ1n) is 2.62. The summed E-state index contributed by atoms with van der Waals surface area (Å²) < 4.78 is 1.66. The van der Waals surface area contributed by atoms with Crippen LogP contribution in [0.1, 0.15) is 0 Å². The third-order valence-electron chi connectivity index (χ3n) is 0.734. The largest absolute Gasteiger partial charge is 0.382 e. The van der Waals surface area contributed by atoms with Crippen molar-refractivity contribution in [2.24, 2.45) is 12.8 Å². The summed E-state index contributed by atoms with van der Waals surface area (Å²) in [6.45, 7) is 0. The fourth-order valence-corrected chi connectivity index (χ4v) is 0.433. The first-order chi connectivity index (χ1) is 4.29. The molecule has 1 aromatic heterocycles. The zero-order valence-electron chi connectivity index (χ0n) is 6.52. The standard InChI is InChI=1S/C4H7N3.CH5N.2ClH/c1-7-3-2-4(5)6-7;1-2;;/h2-3H,1H3,(H2,5,6);2H2,1H3;2*1H. The lowest BCUT2D eigenvalue weighted by molar-refractivity contribution is 0.772. The number of hydrogen-bond donors (Lipinski definition) is 2. The lowest BCUT2D eigenvalue weighted by atomic mass is 10.7. The fraction of sp³-hybridized carbons (Fsp3) is 0.400. The van der Waals surface area contributed by atoms with Crippen LogP contribution < -0.4 is 11.5 Å². The van der Waals surface area contributed by atoms with E-state index in [-0.39, 0.29) is 24.8 Å². The van der Waals surface area contributed by atoms with E-state index in [2.05, 4.69) is 10.8 Å². The van der Waals surface area contributed by atoms with Crippen LogP contribution in [0.2, 0.25) is 0 Å². The highest BCUT2D eigenvalue weighted by molar-refractivity contribution is 5.85. The maximum absolute atomic E-state index is 5.25. The van der Waals surface area contributed by atoms with E-state index in [0.717, 1.165) is 0 Å². The summed E-state index contributed by atoms with van der Waals surface area (Å²) in [5, 5.41) is 3.81. The van der Waals surface area contributed by atoms with E-state index in [1.54, 1.807) is 16.9 Å². The highest BCUT2D eigenvalue weighted by Crippen LogP contribution is 1.90. The lowest BCUT2D eigenvalue weighted by Crippen LogP contribution is -1.89. The number of hydrogen-bond acceptors (Lipinski definition) is 3. The van der Waals surface area contributed by atoms with Gasteiger partial charge in [0, 0.05) is 13.2 Å². The molecule has 1 rings (SSSR count). The molecule has 0 aromatic carbocycles. The van der Waals surface area contributed by atoms with Gasteiger partial charge in [0.2, 0.25) is 0 Å². The van der Waals surface area contributed by atoms with Gasteiger partial charge in [0.25, 0.3) is 0 Å². The minimum atomic E-state index is 0. The third-order valence-corrected chi connectivity index (χ3v) is 0.734. The van der Waals surface area contributed by atoms with Crippen LogP contribution in [0, 0.1) is 0 Å². The van der Waals surface area contributed by atoms with Crippen molar-refractivity contribution in [3.05, 3.63) is 12.3 Å². The smallest absolute Gasteiger partial charge is 0.145 e. The van der Waals surface area contributed by atoms with Crippen LogP contribution in [0.25, 0.3) is 0 Å². The summed E-state index contributed by atoms with van der Waals surface area (Å²) in [5.74, 6) is 0.572. The molecule has 4 N–H and O–H groups in total. The minimum absolute atomic E-state index is 0. The first kappa shape index (κ1) is 16.9. The van der Waals surface area contributed by atoms with Crippen molar-refractivity contribution >= 4 is 30.6 Å². The van der Waals surface area contributed by atoms with Crippen molar-refractivity contribution in [2.45, 2.75) is 0 Å². The van der Waals surface area contributed by atoms with Gasteiger partial charge in [0.1, 0.15) is 5.82 Å². The van der Waals surface area contributed by atoms with E-state index in [9.17, 15) is 0 Å². The second-order valence-electron chi connectivity index (χ2n) is 1.41. The number of nitrogen functional groups attached to an aromatic ring is 1. The Kier molecular flexibility index (Phi) is 14.7. The van der Waals surface area contributed by atoms with Crippen LogP contribution in [-0.4, -0.2) is 16.8 Å². The van der Waals surface area contributed by atoms with Gasteiger partial charge in [-0.15, -0.1) is 24.8 Å². The predicted octanol–water partition coefficient (Wildman–Crippen LogP) is 0.421. The van der Waals surface area contributed by atoms with Gasteiger partial charge in [-0.1, -0.05) is 0 Å². The molecule has 0 spiro atoms. The number of aryl methyl sites for hydroxylation is 1. The Labute approximate surface area is 78.8 Å². The Balaban J connectivity index is -0.000000149. The Morgan fingerprint density at radius 1 is 1.36 bits per heavy atom. The summed E-state index contributed by atoms with van der Waals surface area (Å²) in [5.41, 5.74) is 9.75. The van der Waals surface area contributed by atoms with Crippen LogP contribution in [0.15, 0.2) is 12.3 Å². The van der Waals surface area contributed by atoms with Gasteiger partial charge >= 0.3 is 0 Å². The van der Waals surface area contributed by atoms with E-state index >= 15 is 0 Å². The summed E-state index contributed by atoms with van der Waals surface area (Å²) >= 11 is 0. The van der Waals surface area contributed by atoms with Gasteiger partial charge in [-0.25, -0.2) is 0 Å². The van der Waals surface area contributed by atoms with Crippen LogP contribution in [0.4, 0.5) is 5.82 Å². The molecule has 4 nitrogen and oxygen atoms in total. The molecular formula is C5H14Cl2N4. The number of rotatable bonds is 0. The summed E-state index contributed by atoms with van der Waals surface area (Å²) in [6, 6.07) is 1.75. The highest BCUT2D eigenvalue weighted by atomic mass is 35.5. The Bertz CT molecular complexity index is 149. The molecule has 0 radical (unpaired) electrons. The molecule has 0 aliphatic rings. The van der Waals surface area contributed by atoms with Gasteiger partial charge in [-0.3, -0.25) is 4.68 Å². The van der Waals surface area contributed by atoms with Gasteiger partial charge in [0.05, 0.1) is 0 Å². The normalized spacial score (nSPS) is 6.45. The van der Waals surface area contributed by atoms with Crippen molar-refractivity contribution in [1.29, 1.82) is 0 Å². The zero-order chi connectivity index (χ0) is 7.28. The molecule has 0 unspecified atom stereocenters. The van der Waals surface area contributed by atoms with E-state index in [1.807, 2.05) is 7.05 Å². The second-order valence-corrected chi connectivity index (χ2v) is 1.41. The van der Waals surface area contributed by atoms with Crippen molar-refractivity contribution in [2.75, 3.05) is 12.8 Å². The molecule has 0 atom stereocenters. The fourth-order valence-electron chi connectivity index (χ4n) is 0.433.